The van der Waals surface area contributed by atoms with Crippen LogP contribution >= 0.6 is 0 Å². The third-order valence-electron chi connectivity index (χ3n) is 3.88. The summed E-state index contributed by atoms with van der Waals surface area (Å²) in [5, 5.41) is 6.99. The zero-order chi connectivity index (χ0) is 11.5. The van der Waals surface area contributed by atoms with Crippen LogP contribution < -0.4 is 10.6 Å². The van der Waals surface area contributed by atoms with Crippen molar-refractivity contribution in [3.8, 4) is 0 Å². The summed E-state index contributed by atoms with van der Waals surface area (Å²) in [4.78, 5) is 0. The first-order valence-electron chi connectivity index (χ1n) is 6.98. The van der Waals surface area contributed by atoms with Crippen LogP contribution in [-0.4, -0.2) is 13.1 Å². The minimum atomic E-state index is 1.01. The van der Waals surface area contributed by atoms with Gasteiger partial charge in [-0.25, -0.2) is 0 Å². The molecule has 2 heteroatoms. The van der Waals surface area contributed by atoms with Gasteiger partial charge in [0.05, 0.1) is 0 Å². The van der Waals surface area contributed by atoms with Crippen molar-refractivity contribution in [3.63, 3.8) is 0 Å². The number of hydrogen-bond acceptors (Lipinski definition) is 2. The Morgan fingerprint density at radius 3 is 3.12 bits per heavy atom. The van der Waals surface area contributed by atoms with Crippen LogP contribution in [0, 0.1) is 5.92 Å². The summed E-state index contributed by atoms with van der Waals surface area (Å²) in [6, 6.07) is 6.84. The molecule has 0 unspecified atom stereocenters. The largest absolute Gasteiger partial charge is 0.384 e. The number of rotatable bonds is 6. The highest BCUT2D eigenvalue weighted by Crippen LogP contribution is 2.33. The third-order valence-corrected chi connectivity index (χ3v) is 3.88. The molecule has 0 spiro atoms. The summed E-state index contributed by atoms with van der Waals surface area (Å²) in [5.41, 5.74) is 4.23. The molecule has 92 valence electrons. The Morgan fingerprint density at radius 2 is 2.24 bits per heavy atom. The molecule has 1 aromatic carbocycles. The first kappa shape index (κ1) is 11.1. The Bertz CT molecular complexity index is 383. The minimum Gasteiger partial charge on any atom is -0.384 e. The van der Waals surface area contributed by atoms with E-state index in [2.05, 4.69) is 28.8 Å². The van der Waals surface area contributed by atoms with E-state index in [0.717, 1.165) is 19.0 Å². The topological polar surface area (TPSA) is 24.1 Å². The van der Waals surface area contributed by atoms with Gasteiger partial charge < -0.3 is 10.6 Å². The molecule has 2 nitrogen and oxygen atoms in total. The van der Waals surface area contributed by atoms with Crippen molar-refractivity contribution in [2.75, 3.05) is 18.4 Å². The molecule has 1 aliphatic carbocycles. The van der Waals surface area contributed by atoms with Crippen LogP contribution in [0.1, 0.15) is 36.8 Å². The van der Waals surface area contributed by atoms with Crippen molar-refractivity contribution < 1.29 is 0 Å². The molecule has 3 rings (SSSR count). The summed E-state index contributed by atoms with van der Waals surface area (Å²) in [7, 11) is 0. The van der Waals surface area contributed by atoms with Crippen LogP contribution in [0.25, 0.3) is 0 Å². The van der Waals surface area contributed by atoms with E-state index in [0.29, 0.717) is 0 Å². The Kier molecular flexibility index (Phi) is 3.32. The van der Waals surface area contributed by atoms with Gasteiger partial charge in [-0.1, -0.05) is 25.0 Å². The Balaban J connectivity index is 1.41. The first-order chi connectivity index (χ1) is 8.42. The summed E-state index contributed by atoms with van der Waals surface area (Å²) in [6.45, 7) is 3.29. The lowest BCUT2D eigenvalue weighted by atomic mass is 10.1. The van der Waals surface area contributed by atoms with E-state index in [1.54, 1.807) is 0 Å². The van der Waals surface area contributed by atoms with Crippen molar-refractivity contribution in [2.24, 2.45) is 5.92 Å². The number of nitrogens with one attached hydrogen (secondary N) is 2. The van der Waals surface area contributed by atoms with Crippen LogP contribution in [-0.2, 0) is 13.0 Å². The van der Waals surface area contributed by atoms with Gasteiger partial charge in [0.2, 0.25) is 0 Å². The Hall–Kier alpha value is -1.02. The summed E-state index contributed by atoms with van der Waals surface area (Å²) < 4.78 is 0. The van der Waals surface area contributed by atoms with E-state index in [1.807, 2.05) is 0 Å². The molecule has 0 aromatic heterocycles. The van der Waals surface area contributed by atoms with Crippen LogP contribution in [0.15, 0.2) is 18.2 Å². The van der Waals surface area contributed by atoms with Gasteiger partial charge in [-0.15, -0.1) is 0 Å². The molecule has 0 radical (unpaired) electrons. The first-order valence-corrected chi connectivity index (χ1v) is 6.98. The molecular formula is C15H22N2. The third kappa shape index (κ3) is 3.01. The normalized spacial score (nSPS) is 17.9. The molecule has 0 atom stereocenters. The molecule has 1 saturated carbocycles. The molecule has 2 N–H and O–H groups in total. The second-order valence-corrected chi connectivity index (χ2v) is 5.43. The van der Waals surface area contributed by atoms with E-state index < -0.39 is 0 Å². The zero-order valence-electron chi connectivity index (χ0n) is 10.5. The van der Waals surface area contributed by atoms with Crippen LogP contribution in [0.3, 0.4) is 0 Å². The minimum absolute atomic E-state index is 1.01. The lowest BCUT2D eigenvalue weighted by molar-refractivity contribution is 0.594. The molecule has 1 fully saturated rings. The van der Waals surface area contributed by atoms with Crippen LogP contribution in [0.5, 0.6) is 0 Å². The Labute approximate surface area is 104 Å². The van der Waals surface area contributed by atoms with Gasteiger partial charge in [-0.3, -0.25) is 0 Å². The molecule has 0 saturated heterocycles. The maximum atomic E-state index is 3.55. The molecule has 17 heavy (non-hydrogen) atoms. The van der Waals surface area contributed by atoms with E-state index in [9.17, 15) is 0 Å². The highest BCUT2D eigenvalue weighted by atomic mass is 14.9. The van der Waals surface area contributed by atoms with Gasteiger partial charge in [-0.05, 0) is 48.9 Å². The molecule has 0 bridgehead atoms. The second-order valence-electron chi connectivity index (χ2n) is 5.43. The Morgan fingerprint density at radius 1 is 1.29 bits per heavy atom. The molecule has 1 heterocycles. The summed E-state index contributed by atoms with van der Waals surface area (Å²) in [6.07, 6.45) is 6.92. The lowest BCUT2D eigenvalue weighted by Gasteiger charge is -2.07. The monoisotopic (exact) mass is 230 g/mol. The predicted octanol–water partition coefficient (Wildman–Crippen LogP) is 2.93. The smallest absolute Gasteiger partial charge is 0.0376 e. The fourth-order valence-electron chi connectivity index (χ4n) is 2.60. The van der Waals surface area contributed by atoms with Gasteiger partial charge in [0.25, 0.3) is 0 Å². The number of fused-ring (bicyclic) bond motifs is 1. The summed E-state index contributed by atoms with van der Waals surface area (Å²) in [5.74, 6) is 1.07. The molecule has 1 aromatic rings. The summed E-state index contributed by atoms with van der Waals surface area (Å²) >= 11 is 0. The van der Waals surface area contributed by atoms with Gasteiger partial charge in [0.1, 0.15) is 0 Å². The van der Waals surface area contributed by atoms with Crippen molar-refractivity contribution in [1.82, 2.24) is 5.32 Å². The fraction of sp³-hybridized carbons (Fsp3) is 0.600. The number of anilines is 1. The van der Waals surface area contributed by atoms with Crippen LogP contribution in [0.2, 0.25) is 0 Å². The standard InChI is InChI=1S/C15H22N2/c1(2-12-3-4-12)8-16-11-13-5-6-14-7-9-17-15(14)10-13/h5-6,10,12,16-17H,1-4,7-9,11H2. The quantitative estimate of drug-likeness (QED) is 0.734. The highest BCUT2D eigenvalue weighted by molar-refractivity contribution is 5.56. The average Bonchev–Trinajstić information content (AvgIpc) is 3.05. The molecule has 2 aliphatic rings. The predicted molar refractivity (Wildman–Crippen MR) is 72.3 cm³/mol. The van der Waals surface area contributed by atoms with Gasteiger partial charge in [0, 0.05) is 18.8 Å². The van der Waals surface area contributed by atoms with Gasteiger partial charge in [-0.2, -0.15) is 0 Å². The van der Waals surface area contributed by atoms with Crippen molar-refractivity contribution in [1.29, 1.82) is 0 Å². The van der Waals surface area contributed by atoms with E-state index in [1.165, 1.54) is 55.5 Å². The maximum absolute atomic E-state index is 3.55. The average molecular weight is 230 g/mol. The molecule has 0 amide bonds. The van der Waals surface area contributed by atoms with Gasteiger partial charge in [0.15, 0.2) is 0 Å². The van der Waals surface area contributed by atoms with Crippen LogP contribution in [0.4, 0.5) is 5.69 Å². The van der Waals surface area contributed by atoms with E-state index >= 15 is 0 Å². The zero-order valence-corrected chi connectivity index (χ0v) is 10.5. The molecular weight excluding hydrogens is 208 g/mol. The maximum Gasteiger partial charge on any atom is 0.0376 e. The number of hydrogen-bond donors (Lipinski definition) is 2. The van der Waals surface area contributed by atoms with Gasteiger partial charge >= 0.3 is 0 Å². The SMILES string of the molecule is c1cc2c(cc1CNCCCC1CC1)NCC2. The fourth-order valence-corrected chi connectivity index (χ4v) is 2.60. The van der Waals surface area contributed by atoms with Crippen molar-refractivity contribution in [3.05, 3.63) is 29.3 Å². The van der Waals surface area contributed by atoms with E-state index in [-0.39, 0.29) is 0 Å². The second kappa shape index (κ2) is 5.09. The van der Waals surface area contributed by atoms with Crippen molar-refractivity contribution in [2.45, 2.75) is 38.6 Å². The van der Waals surface area contributed by atoms with Crippen molar-refractivity contribution >= 4 is 5.69 Å². The lowest BCUT2D eigenvalue weighted by Crippen LogP contribution is -2.14. The number of benzene rings is 1. The molecule has 1 aliphatic heterocycles. The van der Waals surface area contributed by atoms with E-state index in [4.69, 9.17) is 0 Å². The highest BCUT2D eigenvalue weighted by Gasteiger charge is 2.19.